The Bertz CT molecular complexity index is 613. The number of nitrogens with one attached hydrogen (secondary N) is 3. The van der Waals surface area contributed by atoms with Gasteiger partial charge in [0.15, 0.2) is 0 Å². The molecule has 0 spiro atoms. The van der Waals surface area contributed by atoms with Crippen molar-refractivity contribution in [2.75, 3.05) is 32.8 Å². The van der Waals surface area contributed by atoms with Crippen LogP contribution in [0.3, 0.4) is 0 Å². The van der Waals surface area contributed by atoms with Gasteiger partial charge >= 0.3 is 0 Å². The molecule has 2 fully saturated rings. The van der Waals surface area contributed by atoms with Crippen LogP contribution in [0.2, 0.25) is 0 Å². The maximum atomic E-state index is 11.3. The highest BCUT2D eigenvalue weighted by molar-refractivity contribution is 5.76. The summed E-state index contributed by atoms with van der Waals surface area (Å²) in [5, 5.41) is 16.9. The van der Waals surface area contributed by atoms with Crippen molar-refractivity contribution in [2.24, 2.45) is 0 Å². The van der Waals surface area contributed by atoms with Gasteiger partial charge in [0.1, 0.15) is 0 Å². The van der Waals surface area contributed by atoms with E-state index in [1.54, 1.807) is 6.92 Å². The van der Waals surface area contributed by atoms with Crippen molar-refractivity contribution in [3.8, 4) is 0 Å². The number of nitrogens with zero attached hydrogens (tertiary/aromatic N) is 1. The minimum absolute atomic E-state index is 0.177. The number of piperidine rings is 2. The molecule has 0 unspecified atom stereocenters. The summed E-state index contributed by atoms with van der Waals surface area (Å²) in [6.45, 7) is 11.0. The lowest BCUT2D eigenvalue weighted by atomic mass is 10.0. The Kier molecular flexibility index (Phi) is 15.4. The Morgan fingerprint density at radius 2 is 1.38 bits per heavy atom. The first-order valence-electron chi connectivity index (χ1n) is 12.2. The van der Waals surface area contributed by atoms with E-state index >= 15 is 0 Å². The first-order valence-corrected chi connectivity index (χ1v) is 12.2. The molecule has 2 amide bonds. The molecule has 32 heavy (non-hydrogen) atoms. The van der Waals surface area contributed by atoms with Crippen LogP contribution in [0.5, 0.6) is 0 Å². The number of amides is 2. The summed E-state index contributed by atoms with van der Waals surface area (Å²) in [6, 6.07) is 11.4. The van der Waals surface area contributed by atoms with E-state index in [-0.39, 0.29) is 18.4 Å². The summed E-state index contributed by atoms with van der Waals surface area (Å²) in [4.78, 5) is 24.7. The van der Waals surface area contributed by atoms with Gasteiger partial charge in [0.2, 0.25) is 11.8 Å². The normalized spacial score (nSPS) is 17.2. The number of hydrogen-bond acceptors (Lipinski definition) is 5. The van der Waals surface area contributed by atoms with Gasteiger partial charge in [0, 0.05) is 51.2 Å². The molecule has 0 aliphatic carbocycles. The molecule has 2 aliphatic heterocycles. The molecule has 0 saturated carbocycles. The quantitative estimate of drug-likeness (QED) is 0.536. The molecule has 7 nitrogen and oxygen atoms in total. The number of likely N-dealkylation sites (tertiary alicyclic amines) is 1. The minimum atomic E-state index is 0.177. The van der Waals surface area contributed by atoms with E-state index in [4.69, 9.17) is 5.11 Å². The van der Waals surface area contributed by atoms with Gasteiger partial charge in [0.25, 0.3) is 0 Å². The number of aliphatic hydroxyl groups is 1. The molecule has 1 aromatic carbocycles. The van der Waals surface area contributed by atoms with Crippen molar-refractivity contribution in [2.45, 2.75) is 77.9 Å². The molecular weight excluding hydrogens is 404 g/mol. The third kappa shape index (κ3) is 12.8. The van der Waals surface area contributed by atoms with Crippen LogP contribution in [0, 0.1) is 0 Å². The van der Waals surface area contributed by atoms with Gasteiger partial charge in [-0.05, 0) is 51.3 Å². The monoisotopic (exact) mass is 448 g/mol. The van der Waals surface area contributed by atoms with E-state index in [2.05, 4.69) is 51.2 Å². The second kappa shape index (κ2) is 17.6. The second-order valence-corrected chi connectivity index (χ2v) is 8.22. The largest absolute Gasteiger partial charge is 0.397 e. The highest BCUT2D eigenvalue weighted by atomic mass is 16.2. The standard InChI is InChI=1S/C15H22N2O.C8H16N2O.C2H6O/c1-2-15(18)16-14-8-10-17(11-9-14)12-13-6-4-3-5-7-13;1-2-8(11)10-7-3-5-9-6-4-7;1-2-3/h3-7,14H,2,8-12H2,1H3,(H,16,18);7,9H,2-6H2,1H3,(H,10,11);3H,2H2,1H3. The number of hydrogen-bond donors (Lipinski definition) is 4. The van der Waals surface area contributed by atoms with E-state index in [0.717, 1.165) is 58.4 Å². The fraction of sp³-hybridized carbons (Fsp3) is 0.680. The summed E-state index contributed by atoms with van der Waals surface area (Å²) in [7, 11) is 0. The predicted molar refractivity (Wildman–Crippen MR) is 130 cm³/mol. The maximum Gasteiger partial charge on any atom is 0.219 e. The van der Waals surface area contributed by atoms with Crippen molar-refractivity contribution in [3.63, 3.8) is 0 Å². The molecule has 0 atom stereocenters. The summed E-state index contributed by atoms with van der Waals surface area (Å²) >= 11 is 0. The predicted octanol–water partition coefficient (Wildman–Crippen LogP) is 2.44. The van der Waals surface area contributed by atoms with Crippen molar-refractivity contribution in [1.82, 2.24) is 20.9 Å². The lowest BCUT2D eigenvalue weighted by Crippen LogP contribution is -2.44. The zero-order valence-electron chi connectivity index (χ0n) is 20.2. The lowest BCUT2D eigenvalue weighted by molar-refractivity contribution is -0.122. The SMILES string of the molecule is CCC(=O)NC1CCN(Cc2ccccc2)CC1.CCC(=O)NC1CCNCC1.CCO. The minimum Gasteiger partial charge on any atom is -0.397 e. The molecular formula is C25H44N4O3. The van der Waals surface area contributed by atoms with Crippen molar-refractivity contribution in [3.05, 3.63) is 35.9 Å². The van der Waals surface area contributed by atoms with Crippen molar-refractivity contribution in [1.29, 1.82) is 0 Å². The molecule has 2 saturated heterocycles. The number of carbonyl (C=O) groups excluding carboxylic acids is 2. The number of benzene rings is 1. The van der Waals surface area contributed by atoms with E-state index in [0.29, 0.717) is 24.9 Å². The Hall–Kier alpha value is -1.96. The molecule has 0 bridgehead atoms. The molecule has 0 aromatic heterocycles. The highest BCUT2D eigenvalue weighted by Gasteiger charge is 2.20. The Labute approximate surface area is 194 Å². The number of carbonyl (C=O) groups is 2. The lowest BCUT2D eigenvalue weighted by Gasteiger charge is -2.32. The third-order valence-electron chi connectivity index (χ3n) is 5.55. The van der Waals surface area contributed by atoms with Gasteiger partial charge in [-0.1, -0.05) is 44.2 Å². The van der Waals surface area contributed by atoms with Gasteiger partial charge in [-0.25, -0.2) is 0 Å². The van der Waals surface area contributed by atoms with Crippen LogP contribution >= 0.6 is 0 Å². The average molecular weight is 449 g/mol. The Balaban J connectivity index is 0.000000312. The van der Waals surface area contributed by atoms with Crippen LogP contribution in [-0.2, 0) is 16.1 Å². The molecule has 182 valence electrons. The van der Waals surface area contributed by atoms with Crippen LogP contribution in [0.1, 0.15) is 64.9 Å². The smallest absolute Gasteiger partial charge is 0.219 e. The third-order valence-corrected chi connectivity index (χ3v) is 5.55. The summed E-state index contributed by atoms with van der Waals surface area (Å²) in [5.41, 5.74) is 1.37. The van der Waals surface area contributed by atoms with Crippen LogP contribution in [0.15, 0.2) is 30.3 Å². The van der Waals surface area contributed by atoms with Crippen LogP contribution in [0.25, 0.3) is 0 Å². The van der Waals surface area contributed by atoms with Gasteiger partial charge in [-0.3, -0.25) is 14.5 Å². The van der Waals surface area contributed by atoms with E-state index in [1.807, 2.05) is 13.8 Å². The summed E-state index contributed by atoms with van der Waals surface area (Å²) in [5.74, 6) is 0.355. The zero-order chi connectivity index (χ0) is 23.6. The van der Waals surface area contributed by atoms with Gasteiger partial charge in [-0.2, -0.15) is 0 Å². The summed E-state index contributed by atoms with van der Waals surface area (Å²) in [6.07, 6.45) is 5.47. The molecule has 1 aromatic rings. The Morgan fingerprint density at radius 1 is 0.906 bits per heavy atom. The van der Waals surface area contributed by atoms with E-state index < -0.39 is 0 Å². The van der Waals surface area contributed by atoms with Gasteiger partial charge < -0.3 is 21.1 Å². The van der Waals surface area contributed by atoms with Gasteiger partial charge in [-0.15, -0.1) is 0 Å². The molecule has 4 N–H and O–H groups in total. The molecule has 2 aliphatic rings. The van der Waals surface area contributed by atoms with Crippen molar-refractivity contribution >= 4 is 11.8 Å². The first kappa shape index (κ1) is 28.1. The number of rotatable bonds is 6. The molecule has 3 rings (SSSR count). The van der Waals surface area contributed by atoms with Crippen molar-refractivity contribution < 1.29 is 14.7 Å². The number of aliphatic hydroxyl groups excluding tert-OH is 1. The van der Waals surface area contributed by atoms with Crippen LogP contribution in [0.4, 0.5) is 0 Å². The molecule has 2 heterocycles. The topological polar surface area (TPSA) is 93.7 Å². The zero-order valence-corrected chi connectivity index (χ0v) is 20.2. The van der Waals surface area contributed by atoms with Crippen LogP contribution in [-0.4, -0.2) is 66.7 Å². The maximum absolute atomic E-state index is 11.3. The molecule has 7 heteroatoms. The van der Waals surface area contributed by atoms with Crippen LogP contribution < -0.4 is 16.0 Å². The van der Waals surface area contributed by atoms with E-state index in [1.165, 1.54) is 5.56 Å². The molecule has 0 radical (unpaired) electrons. The summed E-state index contributed by atoms with van der Waals surface area (Å²) < 4.78 is 0. The fourth-order valence-electron chi connectivity index (χ4n) is 3.70. The van der Waals surface area contributed by atoms with E-state index in [9.17, 15) is 9.59 Å². The Morgan fingerprint density at radius 3 is 1.84 bits per heavy atom. The fourth-order valence-corrected chi connectivity index (χ4v) is 3.70. The first-order chi connectivity index (χ1) is 15.5. The highest BCUT2D eigenvalue weighted by Crippen LogP contribution is 2.13. The van der Waals surface area contributed by atoms with Gasteiger partial charge in [0.05, 0.1) is 0 Å². The second-order valence-electron chi connectivity index (χ2n) is 8.22. The average Bonchev–Trinajstić information content (AvgIpc) is 2.82.